The highest BCUT2D eigenvalue weighted by atomic mass is 35.5. The number of carbonyl (C=O) groups is 1. The van der Waals surface area contributed by atoms with Gasteiger partial charge in [-0.1, -0.05) is 6.07 Å². The summed E-state index contributed by atoms with van der Waals surface area (Å²) in [7, 11) is -1.78. The number of hydrogen-bond donors (Lipinski definition) is 2. The Bertz CT molecular complexity index is 665. The summed E-state index contributed by atoms with van der Waals surface area (Å²) in [6.45, 7) is 2.44. The standard InChI is InChI=1S/C17H26N2O4S.ClH/c1-23-11-10-18-8-9-19-17(20)7-12-24(21,22)16-6-5-14-3-2-4-15(14)13-16;/h5-6,13,18H,2-4,7-12H2,1H3,(H,19,20);1H. The average molecular weight is 391 g/mol. The molecule has 1 aliphatic rings. The molecule has 0 fully saturated rings. The van der Waals surface area contributed by atoms with Crippen LogP contribution in [0, 0.1) is 0 Å². The number of amides is 1. The van der Waals surface area contributed by atoms with Gasteiger partial charge in [0.1, 0.15) is 0 Å². The first-order chi connectivity index (χ1) is 11.5. The van der Waals surface area contributed by atoms with Gasteiger partial charge in [-0.15, -0.1) is 12.4 Å². The van der Waals surface area contributed by atoms with Crippen molar-refractivity contribution in [2.45, 2.75) is 30.6 Å². The highest BCUT2D eigenvalue weighted by Crippen LogP contribution is 2.25. The van der Waals surface area contributed by atoms with Gasteiger partial charge in [0.15, 0.2) is 9.84 Å². The van der Waals surface area contributed by atoms with E-state index in [-0.39, 0.29) is 30.5 Å². The molecule has 0 aromatic heterocycles. The predicted molar refractivity (Wildman–Crippen MR) is 100 cm³/mol. The molecule has 0 saturated heterocycles. The fourth-order valence-corrected chi connectivity index (χ4v) is 4.05. The molecule has 0 heterocycles. The molecule has 1 aromatic rings. The fourth-order valence-electron chi connectivity index (χ4n) is 2.76. The van der Waals surface area contributed by atoms with Gasteiger partial charge in [-0.2, -0.15) is 0 Å². The Labute approximate surface area is 156 Å². The number of methoxy groups -OCH3 is 1. The van der Waals surface area contributed by atoms with E-state index < -0.39 is 9.84 Å². The summed E-state index contributed by atoms with van der Waals surface area (Å²) in [5, 5.41) is 5.82. The number of aryl methyl sites for hydroxylation is 2. The Kier molecular flexibility index (Phi) is 9.42. The first-order valence-corrected chi connectivity index (χ1v) is 9.99. The smallest absolute Gasteiger partial charge is 0.221 e. The van der Waals surface area contributed by atoms with E-state index in [9.17, 15) is 13.2 Å². The second-order valence-corrected chi connectivity index (χ2v) is 8.05. The van der Waals surface area contributed by atoms with Crippen molar-refractivity contribution in [3.63, 3.8) is 0 Å². The largest absolute Gasteiger partial charge is 0.383 e. The summed E-state index contributed by atoms with van der Waals surface area (Å²) < 4.78 is 29.7. The molecule has 1 amide bonds. The van der Waals surface area contributed by atoms with Crippen molar-refractivity contribution in [3.8, 4) is 0 Å². The maximum absolute atomic E-state index is 12.4. The number of rotatable bonds is 10. The van der Waals surface area contributed by atoms with Crippen molar-refractivity contribution in [2.75, 3.05) is 39.1 Å². The molecule has 0 unspecified atom stereocenters. The zero-order valence-electron chi connectivity index (χ0n) is 14.5. The molecule has 0 aliphatic heterocycles. The molecule has 25 heavy (non-hydrogen) atoms. The van der Waals surface area contributed by atoms with Crippen molar-refractivity contribution >= 4 is 28.2 Å². The van der Waals surface area contributed by atoms with E-state index in [1.54, 1.807) is 19.2 Å². The van der Waals surface area contributed by atoms with Crippen LogP contribution in [0.25, 0.3) is 0 Å². The summed E-state index contributed by atoms with van der Waals surface area (Å²) in [4.78, 5) is 12.1. The lowest BCUT2D eigenvalue weighted by Gasteiger charge is -2.08. The van der Waals surface area contributed by atoms with Gasteiger partial charge >= 0.3 is 0 Å². The van der Waals surface area contributed by atoms with Gasteiger partial charge in [0, 0.05) is 33.2 Å². The Hall–Kier alpha value is -1.15. The lowest BCUT2D eigenvalue weighted by atomic mass is 10.1. The molecule has 0 bridgehead atoms. The van der Waals surface area contributed by atoms with E-state index >= 15 is 0 Å². The summed E-state index contributed by atoms with van der Waals surface area (Å²) in [6, 6.07) is 5.34. The number of halogens is 1. The van der Waals surface area contributed by atoms with E-state index in [2.05, 4.69) is 10.6 Å². The third-order valence-corrected chi connectivity index (χ3v) is 5.85. The normalized spacial score (nSPS) is 13.2. The minimum atomic E-state index is -3.41. The maximum atomic E-state index is 12.4. The third-order valence-electron chi connectivity index (χ3n) is 4.13. The van der Waals surface area contributed by atoms with Crippen molar-refractivity contribution < 1.29 is 17.9 Å². The monoisotopic (exact) mass is 390 g/mol. The number of ether oxygens (including phenoxy) is 1. The fraction of sp³-hybridized carbons (Fsp3) is 0.588. The Morgan fingerprint density at radius 3 is 2.68 bits per heavy atom. The van der Waals surface area contributed by atoms with E-state index in [0.717, 1.165) is 31.4 Å². The molecule has 2 N–H and O–H groups in total. The van der Waals surface area contributed by atoms with E-state index in [4.69, 9.17) is 4.74 Å². The van der Waals surface area contributed by atoms with Gasteiger partial charge in [0.2, 0.25) is 5.91 Å². The van der Waals surface area contributed by atoms with E-state index in [0.29, 0.717) is 24.6 Å². The van der Waals surface area contributed by atoms with Crippen LogP contribution in [0.3, 0.4) is 0 Å². The van der Waals surface area contributed by atoms with Crippen molar-refractivity contribution in [2.24, 2.45) is 0 Å². The number of sulfone groups is 1. The lowest BCUT2D eigenvalue weighted by molar-refractivity contribution is -0.120. The Morgan fingerprint density at radius 1 is 1.16 bits per heavy atom. The van der Waals surface area contributed by atoms with Crippen LogP contribution < -0.4 is 10.6 Å². The number of benzene rings is 1. The number of carbonyl (C=O) groups excluding carboxylic acids is 1. The minimum Gasteiger partial charge on any atom is -0.383 e. The number of fused-ring (bicyclic) bond motifs is 1. The Balaban J connectivity index is 0.00000312. The van der Waals surface area contributed by atoms with Crippen LogP contribution in [0.15, 0.2) is 23.1 Å². The topological polar surface area (TPSA) is 84.5 Å². The highest BCUT2D eigenvalue weighted by Gasteiger charge is 2.19. The molecule has 0 radical (unpaired) electrons. The molecular formula is C17H27ClN2O4S. The van der Waals surface area contributed by atoms with Crippen LogP contribution in [-0.2, 0) is 32.2 Å². The molecule has 142 valence electrons. The first-order valence-electron chi connectivity index (χ1n) is 8.34. The predicted octanol–water partition coefficient (Wildman–Crippen LogP) is 1.11. The third kappa shape index (κ3) is 6.93. The molecule has 6 nitrogen and oxygen atoms in total. The van der Waals surface area contributed by atoms with E-state index in [1.165, 1.54) is 5.56 Å². The second kappa shape index (κ2) is 10.8. The molecule has 1 aromatic carbocycles. The summed E-state index contributed by atoms with van der Waals surface area (Å²) in [6.07, 6.45) is 3.03. The molecular weight excluding hydrogens is 364 g/mol. The lowest BCUT2D eigenvalue weighted by Crippen LogP contribution is -2.33. The first kappa shape index (κ1) is 21.9. The van der Waals surface area contributed by atoms with Crippen LogP contribution in [-0.4, -0.2) is 53.4 Å². The summed E-state index contributed by atoms with van der Waals surface area (Å²) in [5.74, 6) is -0.400. The van der Waals surface area contributed by atoms with Crippen molar-refractivity contribution in [1.82, 2.24) is 10.6 Å². The average Bonchev–Trinajstić information content (AvgIpc) is 3.04. The van der Waals surface area contributed by atoms with Crippen LogP contribution in [0.4, 0.5) is 0 Å². The minimum absolute atomic E-state index is 0. The SMILES string of the molecule is COCCNCCNC(=O)CCS(=O)(=O)c1ccc2c(c1)CCC2.Cl. The summed E-state index contributed by atoms with van der Waals surface area (Å²) >= 11 is 0. The molecule has 1 aliphatic carbocycles. The van der Waals surface area contributed by atoms with Gasteiger partial charge in [-0.05, 0) is 42.5 Å². The number of hydrogen-bond acceptors (Lipinski definition) is 5. The number of nitrogens with one attached hydrogen (secondary N) is 2. The second-order valence-electron chi connectivity index (χ2n) is 5.95. The zero-order chi connectivity index (χ0) is 17.4. The van der Waals surface area contributed by atoms with Gasteiger partial charge in [0.25, 0.3) is 0 Å². The zero-order valence-corrected chi connectivity index (χ0v) is 16.2. The van der Waals surface area contributed by atoms with Crippen LogP contribution in [0.1, 0.15) is 24.0 Å². The molecule has 2 rings (SSSR count). The van der Waals surface area contributed by atoms with Crippen molar-refractivity contribution in [1.29, 1.82) is 0 Å². The van der Waals surface area contributed by atoms with Crippen LogP contribution >= 0.6 is 12.4 Å². The quantitative estimate of drug-likeness (QED) is 0.585. The van der Waals surface area contributed by atoms with E-state index in [1.807, 2.05) is 6.07 Å². The highest BCUT2D eigenvalue weighted by molar-refractivity contribution is 7.91. The molecule has 0 saturated carbocycles. The summed E-state index contributed by atoms with van der Waals surface area (Å²) in [5.41, 5.74) is 2.37. The molecule has 0 spiro atoms. The van der Waals surface area contributed by atoms with Gasteiger partial charge in [-0.25, -0.2) is 8.42 Å². The van der Waals surface area contributed by atoms with Gasteiger partial charge in [-0.3, -0.25) is 4.79 Å². The van der Waals surface area contributed by atoms with Crippen LogP contribution in [0.5, 0.6) is 0 Å². The van der Waals surface area contributed by atoms with Crippen molar-refractivity contribution in [3.05, 3.63) is 29.3 Å². The molecule has 8 heteroatoms. The maximum Gasteiger partial charge on any atom is 0.221 e. The van der Waals surface area contributed by atoms with Gasteiger partial charge < -0.3 is 15.4 Å². The van der Waals surface area contributed by atoms with Crippen LogP contribution in [0.2, 0.25) is 0 Å². The van der Waals surface area contributed by atoms with Gasteiger partial charge in [0.05, 0.1) is 17.3 Å². The Morgan fingerprint density at radius 2 is 1.92 bits per heavy atom. The molecule has 0 atom stereocenters.